The lowest BCUT2D eigenvalue weighted by atomic mass is 9.76. The van der Waals surface area contributed by atoms with Gasteiger partial charge in [0.1, 0.15) is 5.75 Å². The second-order valence-electron chi connectivity index (χ2n) is 5.30. The molecule has 1 saturated heterocycles. The fourth-order valence-corrected chi connectivity index (χ4v) is 4.12. The fourth-order valence-electron chi connectivity index (χ4n) is 3.46. The molecule has 18 heavy (non-hydrogen) atoms. The maximum atomic E-state index is 5.55. The van der Waals surface area contributed by atoms with E-state index in [1.54, 1.807) is 12.7 Å². The molecule has 0 aromatic heterocycles. The third-order valence-electron chi connectivity index (χ3n) is 4.40. The molecular weight excluding hydrogens is 242 g/mol. The molecule has 1 aromatic rings. The van der Waals surface area contributed by atoms with Crippen LogP contribution in [0.25, 0.3) is 0 Å². The Balaban J connectivity index is 2.01. The van der Waals surface area contributed by atoms with Gasteiger partial charge in [0.25, 0.3) is 0 Å². The first kappa shape index (κ1) is 12.4. The van der Waals surface area contributed by atoms with Crippen molar-refractivity contribution < 1.29 is 4.74 Å². The van der Waals surface area contributed by atoms with Crippen LogP contribution in [0.15, 0.2) is 17.0 Å². The lowest BCUT2D eigenvalue weighted by Crippen LogP contribution is -2.46. The summed E-state index contributed by atoms with van der Waals surface area (Å²) >= 11 is 1.87. The van der Waals surface area contributed by atoms with Gasteiger partial charge in [-0.3, -0.25) is 0 Å². The third-order valence-corrected chi connectivity index (χ3v) is 5.22. The van der Waals surface area contributed by atoms with Crippen molar-refractivity contribution in [3.05, 3.63) is 23.3 Å². The molecule has 0 unspecified atom stereocenters. The van der Waals surface area contributed by atoms with Crippen LogP contribution in [0.5, 0.6) is 5.75 Å². The van der Waals surface area contributed by atoms with E-state index in [9.17, 15) is 0 Å². The Bertz CT molecular complexity index is 405. The monoisotopic (exact) mass is 263 g/mol. The van der Waals surface area contributed by atoms with Crippen LogP contribution in [-0.4, -0.2) is 26.0 Å². The van der Waals surface area contributed by atoms with Crippen molar-refractivity contribution in [2.75, 3.05) is 19.9 Å². The Labute approximate surface area is 113 Å². The standard InChI is InChI=1S/C15H21NOS/c1-17-14-5-6-15(18-2)12-8-10-4-3-7-16-13(10)9-11(12)14/h5-6,10,13,16H,3-4,7-9H2,1-2H3/t10-,13+/m0/s1. The molecule has 2 aliphatic rings. The summed E-state index contributed by atoms with van der Waals surface area (Å²) in [4.78, 5) is 1.44. The number of benzene rings is 1. The average Bonchev–Trinajstić information content (AvgIpc) is 2.44. The SMILES string of the molecule is COc1ccc(SC)c2c1C[C@H]1NCCC[C@H]1C2. The quantitative estimate of drug-likeness (QED) is 0.829. The van der Waals surface area contributed by atoms with Gasteiger partial charge in [-0.2, -0.15) is 0 Å². The van der Waals surface area contributed by atoms with Crippen LogP contribution in [0.3, 0.4) is 0 Å². The minimum absolute atomic E-state index is 0.664. The van der Waals surface area contributed by atoms with E-state index in [2.05, 4.69) is 23.7 Å². The Kier molecular flexibility index (Phi) is 3.53. The Hall–Kier alpha value is -0.670. The van der Waals surface area contributed by atoms with Gasteiger partial charge in [-0.1, -0.05) is 0 Å². The van der Waals surface area contributed by atoms with E-state index in [0.717, 1.165) is 18.1 Å². The summed E-state index contributed by atoms with van der Waals surface area (Å²) in [7, 11) is 1.79. The summed E-state index contributed by atoms with van der Waals surface area (Å²) in [5.74, 6) is 1.90. The topological polar surface area (TPSA) is 21.3 Å². The van der Waals surface area contributed by atoms with E-state index in [1.165, 1.54) is 36.3 Å². The predicted octanol–water partition coefficient (Wildman–Crippen LogP) is 2.88. The highest BCUT2D eigenvalue weighted by Crippen LogP contribution is 2.39. The molecule has 1 N–H and O–H groups in total. The number of hydrogen-bond acceptors (Lipinski definition) is 3. The number of piperidine rings is 1. The van der Waals surface area contributed by atoms with Crippen LogP contribution in [0.2, 0.25) is 0 Å². The van der Waals surface area contributed by atoms with Gasteiger partial charge < -0.3 is 10.1 Å². The molecule has 3 heteroatoms. The third kappa shape index (κ3) is 2.04. The number of methoxy groups -OCH3 is 1. The zero-order valence-corrected chi connectivity index (χ0v) is 12.0. The molecule has 0 spiro atoms. The van der Waals surface area contributed by atoms with Gasteiger partial charge in [-0.15, -0.1) is 11.8 Å². The van der Waals surface area contributed by atoms with Crippen molar-refractivity contribution in [2.45, 2.75) is 36.6 Å². The molecule has 1 aromatic carbocycles. The van der Waals surface area contributed by atoms with Gasteiger partial charge >= 0.3 is 0 Å². The van der Waals surface area contributed by atoms with E-state index in [1.807, 2.05) is 11.8 Å². The fraction of sp³-hybridized carbons (Fsp3) is 0.600. The van der Waals surface area contributed by atoms with Crippen LogP contribution < -0.4 is 10.1 Å². The minimum atomic E-state index is 0.664. The molecule has 1 fully saturated rings. The van der Waals surface area contributed by atoms with E-state index >= 15 is 0 Å². The molecular formula is C15H21NOS. The normalized spacial score (nSPS) is 26.3. The molecule has 1 aliphatic carbocycles. The number of thioether (sulfide) groups is 1. The van der Waals surface area contributed by atoms with Gasteiger partial charge in [0.2, 0.25) is 0 Å². The first-order chi connectivity index (χ1) is 8.83. The summed E-state index contributed by atoms with van der Waals surface area (Å²) < 4.78 is 5.55. The molecule has 3 rings (SSSR count). The summed E-state index contributed by atoms with van der Waals surface area (Å²) in [6, 6.07) is 5.02. The largest absolute Gasteiger partial charge is 0.496 e. The highest BCUT2D eigenvalue weighted by molar-refractivity contribution is 7.98. The molecule has 0 bridgehead atoms. The first-order valence-electron chi connectivity index (χ1n) is 6.79. The van der Waals surface area contributed by atoms with Gasteiger partial charge in [-0.05, 0) is 67.7 Å². The molecule has 2 atom stereocenters. The summed E-state index contributed by atoms with van der Waals surface area (Å²) in [5.41, 5.74) is 2.99. The Morgan fingerprint density at radius 2 is 2.17 bits per heavy atom. The smallest absolute Gasteiger partial charge is 0.122 e. The highest BCUT2D eigenvalue weighted by Gasteiger charge is 2.32. The highest BCUT2D eigenvalue weighted by atomic mass is 32.2. The maximum absolute atomic E-state index is 5.55. The number of nitrogens with one attached hydrogen (secondary N) is 1. The van der Waals surface area contributed by atoms with Crippen LogP contribution in [0.4, 0.5) is 0 Å². The number of rotatable bonds is 2. The van der Waals surface area contributed by atoms with Crippen LogP contribution in [0.1, 0.15) is 24.0 Å². The van der Waals surface area contributed by atoms with Gasteiger partial charge in [0.15, 0.2) is 0 Å². The molecule has 1 aliphatic heterocycles. The van der Waals surface area contributed by atoms with Crippen molar-refractivity contribution in [3.8, 4) is 5.75 Å². The predicted molar refractivity (Wildman–Crippen MR) is 76.7 cm³/mol. The van der Waals surface area contributed by atoms with Gasteiger partial charge in [-0.25, -0.2) is 0 Å². The van der Waals surface area contributed by atoms with Crippen molar-refractivity contribution in [1.29, 1.82) is 0 Å². The van der Waals surface area contributed by atoms with E-state index in [0.29, 0.717) is 6.04 Å². The Morgan fingerprint density at radius 1 is 1.28 bits per heavy atom. The van der Waals surface area contributed by atoms with Crippen LogP contribution in [-0.2, 0) is 12.8 Å². The maximum Gasteiger partial charge on any atom is 0.122 e. The second kappa shape index (κ2) is 5.14. The van der Waals surface area contributed by atoms with E-state index in [4.69, 9.17) is 4.74 Å². The van der Waals surface area contributed by atoms with Crippen LogP contribution in [0, 0.1) is 5.92 Å². The van der Waals surface area contributed by atoms with Crippen molar-refractivity contribution >= 4 is 11.8 Å². The number of fused-ring (bicyclic) bond motifs is 2. The van der Waals surface area contributed by atoms with Gasteiger partial charge in [0, 0.05) is 10.9 Å². The van der Waals surface area contributed by atoms with E-state index in [-0.39, 0.29) is 0 Å². The zero-order chi connectivity index (χ0) is 12.5. The zero-order valence-electron chi connectivity index (χ0n) is 11.2. The summed E-state index contributed by atoms with van der Waals surface area (Å²) in [5, 5.41) is 3.69. The molecule has 0 radical (unpaired) electrons. The molecule has 2 nitrogen and oxygen atoms in total. The molecule has 98 valence electrons. The lowest BCUT2D eigenvalue weighted by Gasteiger charge is -2.38. The van der Waals surface area contributed by atoms with E-state index < -0.39 is 0 Å². The Morgan fingerprint density at radius 3 is 2.94 bits per heavy atom. The second-order valence-corrected chi connectivity index (χ2v) is 6.15. The van der Waals surface area contributed by atoms with Gasteiger partial charge in [0.05, 0.1) is 7.11 Å². The first-order valence-corrected chi connectivity index (χ1v) is 8.02. The summed E-state index contributed by atoms with van der Waals surface area (Å²) in [6.07, 6.45) is 7.24. The lowest BCUT2D eigenvalue weighted by molar-refractivity contribution is 0.258. The van der Waals surface area contributed by atoms with Crippen LogP contribution >= 0.6 is 11.8 Å². The molecule has 0 amide bonds. The van der Waals surface area contributed by atoms with Crippen molar-refractivity contribution in [1.82, 2.24) is 5.32 Å². The summed E-state index contributed by atoms with van der Waals surface area (Å²) in [6.45, 7) is 1.18. The molecule has 1 heterocycles. The van der Waals surface area contributed by atoms with Crippen molar-refractivity contribution in [3.63, 3.8) is 0 Å². The number of ether oxygens (including phenoxy) is 1. The average molecular weight is 263 g/mol. The molecule has 0 saturated carbocycles. The number of hydrogen-bond donors (Lipinski definition) is 1. The minimum Gasteiger partial charge on any atom is -0.496 e. The van der Waals surface area contributed by atoms with Crippen molar-refractivity contribution in [2.24, 2.45) is 5.92 Å².